The predicted octanol–water partition coefficient (Wildman–Crippen LogP) is 0.825. The van der Waals surface area contributed by atoms with Crippen molar-refractivity contribution in [3.05, 3.63) is 0 Å². The fourth-order valence-electron chi connectivity index (χ4n) is 1.98. The first-order chi connectivity index (χ1) is 7.06. The molecule has 0 radical (unpaired) electrons. The molecule has 0 aromatic carbocycles. The summed E-state index contributed by atoms with van der Waals surface area (Å²) in [5.74, 6) is 0.616. The number of nitrogens with one attached hydrogen (secondary N) is 1. The third-order valence-electron chi connectivity index (χ3n) is 2.66. The molecule has 2 unspecified atom stereocenters. The Kier molecular flexibility index (Phi) is 4.54. The highest BCUT2D eigenvalue weighted by Crippen LogP contribution is 2.14. The highest BCUT2D eigenvalue weighted by molar-refractivity contribution is 5.80. The first-order valence-corrected chi connectivity index (χ1v) is 5.70. The van der Waals surface area contributed by atoms with E-state index in [4.69, 9.17) is 4.74 Å². The summed E-state index contributed by atoms with van der Waals surface area (Å²) >= 11 is 0. The molecule has 1 amide bonds. The van der Waals surface area contributed by atoms with Crippen LogP contribution < -0.4 is 5.32 Å². The largest absolute Gasteiger partial charge is 0.377 e. The topological polar surface area (TPSA) is 41.6 Å². The summed E-state index contributed by atoms with van der Waals surface area (Å²) < 4.78 is 5.46. The zero-order valence-corrected chi connectivity index (χ0v) is 10.1. The Morgan fingerprint density at radius 1 is 1.53 bits per heavy atom. The normalized spacial score (nSPS) is 23.9. The third-order valence-corrected chi connectivity index (χ3v) is 2.66. The maximum absolute atomic E-state index is 11.6. The average Bonchev–Trinajstić information content (AvgIpc) is 2.48. The average molecular weight is 214 g/mol. The number of rotatable bonds is 5. The van der Waals surface area contributed by atoms with E-state index in [2.05, 4.69) is 19.2 Å². The number of nitrogens with zero attached hydrogens (tertiary/aromatic N) is 1. The Morgan fingerprint density at radius 3 is 2.73 bits per heavy atom. The third kappa shape index (κ3) is 3.18. The Bertz CT molecular complexity index is 219. The van der Waals surface area contributed by atoms with Crippen molar-refractivity contribution >= 4 is 5.91 Å². The van der Waals surface area contributed by atoms with Crippen LogP contribution in [0.2, 0.25) is 0 Å². The van der Waals surface area contributed by atoms with E-state index in [1.807, 2.05) is 18.7 Å². The molecule has 0 aromatic heterocycles. The van der Waals surface area contributed by atoms with Crippen LogP contribution in [0.3, 0.4) is 0 Å². The fraction of sp³-hybridized carbons (Fsp3) is 0.909. The molecule has 1 N–H and O–H groups in total. The van der Waals surface area contributed by atoms with E-state index in [1.165, 1.54) is 0 Å². The van der Waals surface area contributed by atoms with Gasteiger partial charge in [-0.05, 0) is 19.8 Å². The van der Waals surface area contributed by atoms with Crippen LogP contribution in [-0.4, -0.2) is 42.8 Å². The van der Waals surface area contributed by atoms with E-state index >= 15 is 0 Å². The molecule has 1 fully saturated rings. The van der Waals surface area contributed by atoms with Crippen molar-refractivity contribution < 1.29 is 9.53 Å². The van der Waals surface area contributed by atoms with Crippen molar-refractivity contribution in [1.82, 2.24) is 10.2 Å². The van der Waals surface area contributed by atoms with E-state index in [0.29, 0.717) is 25.6 Å². The van der Waals surface area contributed by atoms with Crippen LogP contribution in [0, 0.1) is 5.92 Å². The molecule has 0 spiro atoms. The maximum atomic E-state index is 11.6. The summed E-state index contributed by atoms with van der Waals surface area (Å²) in [6.45, 7) is 10.1. The molecule has 15 heavy (non-hydrogen) atoms. The molecule has 0 aliphatic carbocycles. The van der Waals surface area contributed by atoms with Crippen molar-refractivity contribution in [2.45, 2.75) is 40.0 Å². The van der Waals surface area contributed by atoms with E-state index in [-0.39, 0.29) is 18.2 Å². The molecular formula is C11H22N2O2. The molecule has 1 heterocycles. The molecule has 2 atom stereocenters. The number of carbonyl (C=O) groups excluding carboxylic acids is 1. The van der Waals surface area contributed by atoms with Crippen LogP contribution in [0.5, 0.6) is 0 Å². The molecule has 1 aliphatic rings. The van der Waals surface area contributed by atoms with Crippen LogP contribution in [0.4, 0.5) is 0 Å². The summed E-state index contributed by atoms with van der Waals surface area (Å²) in [6, 6.07) is 0. The fourth-order valence-corrected chi connectivity index (χ4v) is 1.98. The Morgan fingerprint density at radius 2 is 2.20 bits per heavy atom. The quantitative estimate of drug-likeness (QED) is 0.737. The highest BCUT2D eigenvalue weighted by atomic mass is 16.5. The van der Waals surface area contributed by atoms with Crippen molar-refractivity contribution in [2.24, 2.45) is 5.92 Å². The zero-order valence-electron chi connectivity index (χ0n) is 10.1. The smallest absolute Gasteiger partial charge is 0.237 e. The highest BCUT2D eigenvalue weighted by Gasteiger charge is 2.33. The molecule has 88 valence electrons. The lowest BCUT2D eigenvalue weighted by atomic mass is 10.1. The van der Waals surface area contributed by atoms with Gasteiger partial charge in [-0.15, -0.1) is 0 Å². The monoisotopic (exact) mass is 214 g/mol. The first-order valence-electron chi connectivity index (χ1n) is 5.70. The lowest BCUT2D eigenvalue weighted by Crippen LogP contribution is -2.44. The minimum absolute atomic E-state index is 0.111. The Hall–Kier alpha value is -0.610. The maximum Gasteiger partial charge on any atom is 0.237 e. The van der Waals surface area contributed by atoms with Crippen LogP contribution in [0.1, 0.15) is 27.7 Å². The van der Waals surface area contributed by atoms with Crippen LogP contribution >= 0.6 is 0 Å². The van der Waals surface area contributed by atoms with Gasteiger partial charge in [0.25, 0.3) is 0 Å². The molecule has 0 bridgehead atoms. The van der Waals surface area contributed by atoms with Crippen LogP contribution in [-0.2, 0) is 9.53 Å². The summed E-state index contributed by atoms with van der Waals surface area (Å²) in [7, 11) is 0. The second kappa shape index (κ2) is 5.47. The van der Waals surface area contributed by atoms with Gasteiger partial charge in [0.1, 0.15) is 0 Å². The van der Waals surface area contributed by atoms with E-state index in [1.54, 1.807) is 0 Å². The Balaban J connectivity index is 2.52. The number of carbonyl (C=O) groups is 1. The molecule has 4 nitrogen and oxygen atoms in total. The van der Waals surface area contributed by atoms with Gasteiger partial charge in [0.15, 0.2) is 0 Å². The number of hydrogen-bond donors (Lipinski definition) is 1. The molecule has 0 saturated carbocycles. The van der Waals surface area contributed by atoms with Crippen molar-refractivity contribution in [1.29, 1.82) is 0 Å². The van der Waals surface area contributed by atoms with Crippen molar-refractivity contribution in [3.63, 3.8) is 0 Å². The molecular weight excluding hydrogens is 192 g/mol. The molecule has 1 saturated heterocycles. The number of hydrogen-bond acceptors (Lipinski definition) is 3. The number of ether oxygens (including phenoxy) is 1. The van der Waals surface area contributed by atoms with Crippen LogP contribution in [0.15, 0.2) is 0 Å². The van der Waals surface area contributed by atoms with E-state index < -0.39 is 0 Å². The van der Waals surface area contributed by atoms with Gasteiger partial charge in [-0.2, -0.15) is 0 Å². The summed E-state index contributed by atoms with van der Waals surface area (Å²) in [6.07, 6.45) is 0.278. The van der Waals surface area contributed by atoms with Gasteiger partial charge in [0.05, 0.1) is 18.8 Å². The lowest BCUT2D eigenvalue weighted by Gasteiger charge is -2.29. The van der Waals surface area contributed by atoms with Gasteiger partial charge >= 0.3 is 0 Å². The SMILES string of the molecule is CCOC(C)CN1C(=O)CNC1C(C)C. The van der Waals surface area contributed by atoms with Gasteiger partial charge in [-0.1, -0.05) is 13.8 Å². The summed E-state index contributed by atoms with van der Waals surface area (Å²) in [5, 5.41) is 3.22. The summed E-state index contributed by atoms with van der Waals surface area (Å²) in [4.78, 5) is 13.5. The molecule has 0 aromatic rings. The van der Waals surface area contributed by atoms with Gasteiger partial charge in [0.2, 0.25) is 5.91 Å². The Labute approximate surface area is 92.0 Å². The van der Waals surface area contributed by atoms with Gasteiger partial charge < -0.3 is 9.64 Å². The van der Waals surface area contributed by atoms with E-state index in [0.717, 1.165) is 0 Å². The lowest BCUT2D eigenvalue weighted by molar-refractivity contribution is -0.130. The number of amides is 1. The standard InChI is InChI=1S/C11H22N2O2/c1-5-15-9(4)7-13-10(14)6-12-11(13)8(2)3/h8-9,11-12H,5-7H2,1-4H3. The second-order valence-electron chi connectivity index (χ2n) is 4.38. The molecule has 1 rings (SSSR count). The predicted molar refractivity (Wildman–Crippen MR) is 59.4 cm³/mol. The minimum atomic E-state index is 0.111. The van der Waals surface area contributed by atoms with Crippen molar-refractivity contribution in [2.75, 3.05) is 19.7 Å². The van der Waals surface area contributed by atoms with Crippen molar-refractivity contribution in [3.8, 4) is 0 Å². The second-order valence-corrected chi connectivity index (χ2v) is 4.38. The summed E-state index contributed by atoms with van der Waals surface area (Å²) in [5.41, 5.74) is 0. The molecule has 4 heteroatoms. The molecule has 1 aliphatic heterocycles. The van der Waals surface area contributed by atoms with Gasteiger partial charge in [0, 0.05) is 13.2 Å². The van der Waals surface area contributed by atoms with Gasteiger partial charge in [-0.25, -0.2) is 0 Å². The van der Waals surface area contributed by atoms with Crippen LogP contribution in [0.25, 0.3) is 0 Å². The first kappa shape index (κ1) is 12.5. The zero-order chi connectivity index (χ0) is 11.4. The van der Waals surface area contributed by atoms with Gasteiger partial charge in [-0.3, -0.25) is 10.1 Å². The van der Waals surface area contributed by atoms with E-state index in [9.17, 15) is 4.79 Å². The minimum Gasteiger partial charge on any atom is -0.377 e.